The summed E-state index contributed by atoms with van der Waals surface area (Å²) in [7, 11) is 3.90. The normalized spacial score (nSPS) is 19.2. The molecule has 0 bridgehead atoms. The number of amides is 1. The third kappa shape index (κ3) is 4.84. The van der Waals surface area contributed by atoms with Crippen molar-refractivity contribution in [2.45, 2.75) is 31.8 Å². The largest absolute Gasteiger partial charge is 0.479 e. The van der Waals surface area contributed by atoms with Crippen LogP contribution < -0.4 is 14.8 Å². The third-order valence-electron chi connectivity index (χ3n) is 4.14. The van der Waals surface area contributed by atoms with Gasteiger partial charge in [0.25, 0.3) is 0 Å². The number of carbonyl (C=O) groups excluding carboxylic acids is 3. The fraction of sp³-hybridized carbons (Fsp3) is 0.529. The highest BCUT2D eigenvalue weighted by molar-refractivity contribution is 6.37. The van der Waals surface area contributed by atoms with Gasteiger partial charge in [-0.3, -0.25) is 9.59 Å². The number of nitrogens with one attached hydrogen (secondary N) is 1. The number of nitrogens with zero attached hydrogens (tertiary/aromatic N) is 1. The summed E-state index contributed by atoms with van der Waals surface area (Å²) in [5.41, 5.74) is 0.227. The molecule has 1 saturated carbocycles. The Kier molecular flexibility index (Phi) is 6.76. The number of anilines is 1. The minimum atomic E-state index is -1.02. The Morgan fingerprint density at radius 1 is 1.04 bits per heavy atom. The second kappa shape index (κ2) is 9.02. The second-order valence-corrected chi connectivity index (χ2v) is 5.77. The average molecular weight is 366 g/mol. The lowest BCUT2D eigenvalue weighted by molar-refractivity contribution is -0.150. The summed E-state index contributed by atoms with van der Waals surface area (Å²) >= 11 is 0. The first-order chi connectivity index (χ1) is 12.5. The molecule has 1 aromatic rings. The molecule has 1 amide bonds. The van der Waals surface area contributed by atoms with Gasteiger partial charge in [-0.25, -0.2) is 4.79 Å². The molecule has 1 aliphatic rings. The number of hydrogen-bond acceptors (Lipinski definition) is 8. The van der Waals surface area contributed by atoms with Crippen molar-refractivity contribution in [3.05, 3.63) is 12.1 Å². The van der Waals surface area contributed by atoms with Gasteiger partial charge in [-0.1, -0.05) is 0 Å². The van der Waals surface area contributed by atoms with Gasteiger partial charge < -0.3 is 24.3 Å². The highest BCUT2D eigenvalue weighted by Gasteiger charge is 2.28. The molecule has 26 heavy (non-hydrogen) atoms. The molecule has 1 aliphatic carbocycles. The van der Waals surface area contributed by atoms with Gasteiger partial charge in [0.1, 0.15) is 11.8 Å². The van der Waals surface area contributed by atoms with Gasteiger partial charge in [0.05, 0.1) is 27.2 Å². The van der Waals surface area contributed by atoms with Crippen molar-refractivity contribution in [1.82, 2.24) is 4.98 Å². The number of carbonyl (C=O) groups is 3. The predicted octanol–water partition coefficient (Wildman–Crippen LogP) is 1.31. The summed E-state index contributed by atoms with van der Waals surface area (Å²) in [6.07, 6.45) is 2.75. The van der Waals surface area contributed by atoms with Gasteiger partial charge in [-0.05, 0) is 31.7 Å². The number of aromatic nitrogens is 1. The van der Waals surface area contributed by atoms with Crippen molar-refractivity contribution in [3.63, 3.8) is 0 Å². The molecule has 0 spiro atoms. The van der Waals surface area contributed by atoms with Crippen molar-refractivity contribution in [3.8, 4) is 11.8 Å². The van der Waals surface area contributed by atoms with Crippen LogP contribution in [0, 0.1) is 5.92 Å². The van der Waals surface area contributed by atoms with Crippen molar-refractivity contribution in [2.24, 2.45) is 5.92 Å². The molecule has 1 aromatic heterocycles. The van der Waals surface area contributed by atoms with E-state index in [0.29, 0.717) is 31.6 Å². The van der Waals surface area contributed by atoms with Gasteiger partial charge in [0, 0.05) is 6.07 Å². The molecule has 0 atom stereocenters. The molecule has 0 aromatic carbocycles. The van der Waals surface area contributed by atoms with Crippen LogP contribution in [0.25, 0.3) is 0 Å². The topological polar surface area (TPSA) is 113 Å². The third-order valence-corrected chi connectivity index (χ3v) is 4.14. The van der Waals surface area contributed by atoms with Crippen LogP contribution in [0.15, 0.2) is 12.1 Å². The molecule has 0 unspecified atom stereocenters. The van der Waals surface area contributed by atoms with E-state index in [1.807, 2.05) is 0 Å². The lowest BCUT2D eigenvalue weighted by atomic mass is 9.87. The van der Waals surface area contributed by atoms with Crippen LogP contribution in [0.4, 0.5) is 5.69 Å². The number of methoxy groups -OCH3 is 3. The molecule has 0 saturated heterocycles. The summed E-state index contributed by atoms with van der Waals surface area (Å²) in [6, 6.07) is 3.10. The fourth-order valence-corrected chi connectivity index (χ4v) is 2.76. The summed E-state index contributed by atoms with van der Waals surface area (Å²) < 4.78 is 20.1. The van der Waals surface area contributed by atoms with E-state index in [1.165, 1.54) is 20.3 Å². The van der Waals surface area contributed by atoms with Crippen LogP contribution in [-0.2, 0) is 23.9 Å². The summed E-state index contributed by atoms with van der Waals surface area (Å²) in [6.45, 7) is 0. The number of ether oxygens (including phenoxy) is 4. The fourth-order valence-electron chi connectivity index (χ4n) is 2.76. The van der Waals surface area contributed by atoms with E-state index in [1.54, 1.807) is 6.07 Å². The van der Waals surface area contributed by atoms with E-state index < -0.39 is 11.9 Å². The minimum absolute atomic E-state index is 0.0661. The minimum Gasteiger partial charge on any atom is -0.479 e. The van der Waals surface area contributed by atoms with Crippen LogP contribution in [0.3, 0.4) is 0 Å². The van der Waals surface area contributed by atoms with Crippen molar-refractivity contribution >= 4 is 23.5 Å². The zero-order valence-electron chi connectivity index (χ0n) is 14.9. The molecule has 1 heterocycles. The van der Waals surface area contributed by atoms with Crippen molar-refractivity contribution < 1.29 is 33.3 Å². The smallest absolute Gasteiger partial charge is 0.396 e. The van der Waals surface area contributed by atoms with Crippen molar-refractivity contribution in [1.29, 1.82) is 0 Å². The number of rotatable bonds is 5. The van der Waals surface area contributed by atoms with Gasteiger partial charge in [0.15, 0.2) is 0 Å². The molecule has 142 valence electrons. The first-order valence-electron chi connectivity index (χ1n) is 8.17. The SMILES string of the molecule is COC(=O)C(=O)Nc1ccc(OC2CCC(C(=O)OC)CC2)nc1OC. The van der Waals surface area contributed by atoms with Crippen LogP contribution in [-0.4, -0.2) is 50.3 Å². The molecule has 1 N–H and O–H groups in total. The monoisotopic (exact) mass is 366 g/mol. The lowest BCUT2D eigenvalue weighted by Crippen LogP contribution is -2.28. The number of hydrogen-bond donors (Lipinski definition) is 1. The average Bonchev–Trinajstić information content (AvgIpc) is 2.68. The maximum atomic E-state index is 11.6. The molecular weight excluding hydrogens is 344 g/mol. The number of pyridine rings is 1. The highest BCUT2D eigenvalue weighted by Crippen LogP contribution is 2.30. The first-order valence-corrected chi connectivity index (χ1v) is 8.17. The van der Waals surface area contributed by atoms with Crippen LogP contribution >= 0.6 is 0 Å². The second-order valence-electron chi connectivity index (χ2n) is 5.77. The molecule has 0 radical (unpaired) electrons. The van der Waals surface area contributed by atoms with Crippen molar-refractivity contribution in [2.75, 3.05) is 26.6 Å². The summed E-state index contributed by atoms with van der Waals surface area (Å²) in [5, 5.41) is 2.36. The van der Waals surface area contributed by atoms with E-state index in [4.69, 9.17) is 14.2 Å². The summed E-state index contributed by atoms with van der Waals surface area (Å²) in [4.78, 5) is 38.5. The summed E-state index contributed by atoms with van der Waals surface area (Å²) in [5.74, 6) is -1.77. The molecule has 9 nitrogen and oxygen atoms in total. The van der Waals surface area contributed by atoms with Gasteiger partial charge in [-0.15, -0.1) is 0 Å². The zero-order chi connectivity index (χ0) is 19.1. The molecule has 9 heteroatoms. The van der Waals surface area contributed by atoms with Gasteiger partial charge in [0.2, 0.25) is 11.8 Å². The first kappa shape index (κ1) is 19.5. The zero-order valence-corrected chi connectivity index (χ0v) is 14.9. The Hall–Kier alpha value is -2.84. The van der Waals surface area contributed by atoms with E-state index in [-0.39, 0.29) is 29.6 Å². The quantitative estimate of drug-likeness (QED) is 0.613. The van der Waals surface area contributed by atoms with Crippen LogP contribution in [0.2, 0.25) is 0 Å². The van der Waals surface area contributed by atoms with Gasteiger partial charge >= 0.3 is 17.8 Å². The maximum absolute atomic E-state index is 11.6. The van der Waals surface area contributed by atoms with Crippen LogP contribution in [0.1, 0.15) is 25.7 Å². The lowest BCUT2D eigenvalue weighted by Gasteiger charge is -2.27. The molecular formula is C17H22N2O7. The van der Waals surface area contributed by atoms with E-state index >= 15 is 0 Å². The Balaban J connectivity index is 1.98. The molecule has 0 aliphatic heterocycles. The molecule has 2 rings (SSSR count). The van der Waals surface area contributed by atoms with Gasteiger partial charge in [-0.2, -0.15) is 4.98 Å². The standard InChI is InChI=1S/C17H22N2O7/c1-23-15-12(18-14(20)17(22)25-3)8-9-13(19-15)26-11-6-4-10(5-7-11)16(21)24-2/h8-11H,4-7H2,1-3H3,(H,18,20). The highest BCUT2D eigenvalue weighted by atomic mass is 16.5. The predicted molar refractivity (Wildman–Crippen MR) is 89.8 cm³/mol. The Labute approximate surface area is 151 Å². The Bertz CT molecular complexity index is 669. The van der Waals surface area contributed by atoms with E-state index in [2.05, 4.69) is 15.0 Å². The van der Waals surface area contributed by atoms with E-state index in [9.17, 15) is 14.4 Å². The Morgan fingerprint density at radius 2 is 1.73 bits per heavy atom. The molecule has 1 fully saturated rings. The maximum Gasteiger partial charge on any atom is 0.396 e. The van der Waals surface area contributed by atoms with Crippen LogP contribution in [0.5, 0.6) is 11.8 Å². The van der Waals surface area contributed by atoms with E-state index in [0.717, 1.165) is 7.11 Å². The Morgan fingerprint density at radius 3 is 2.31 bits per heavy atom. The number of esters is 2.